The molecule has 1 aliphatic heterocycles. The molecule has 5 nitrogen and oxygen atoms in total. The molecule has 2 N–H and O–H groups in total. The van der Waals surface area contributed by atoms with Crippen LogP contribution >= 0.6 is 0 Å². The normalized spacial score (nSPS) is 15.6. The third kappa shape index (κ3) is 6.19. The Morgan fingerprint density at radius 1 is 0.960 bits per heavy atom. The molecule has 1 saturated heterocycles. The molecule has 0 unspecified atom stereocenters. The molecule has 0 spiro atoms. The van der Waals surface area contributed by atoms with Crippen molar-refractivity contribution in [2.75, 3.05) is 36.4 Å². The number of hydrogen-bond donors (Lipinski definition) is 2. The number of anilines is 2. The maximum Gasteiger partial charge on any atom is 0.216 e. The third-order valence-corrected chi connectivity index (χ3v) is 6.82. The quantitative estimate of drug-likeness (QED) is 0.655. The van der Waals surface area contributed by atoms with Crippen LogP contribution in [0.3, 0.4) is 0 Å². The van der Waals surface area contributed by atoms with E-state index in [2.05, 4.69) is 39.2 Å². The van der Waals surface area contributed by atoms with Crippen molar-refractivity contribution in [2.45, 2.75) is 57.6 Å². The monoisotopic (exact) mass is 367 g/mol. The molecular formula is C19H33N3O2S. The minimum absolute atomic E-state index is 0.518. The molecule has 1 heterocycles. The molecule has 2 rings (SSSR count). The SMILES string of the molecule is CC(C)(C)S(=O)(=O)NCCCCCNc1ccc(N2CCCC2)cc1. The summed E-state index contributed by atoms with van der Waals surface area (Å²) in [6.45, 7) is 8.92. The summed E-state index contributed by atoms with van der Waals surface area (Å²) < 4.78 is 25.8. The van der Waals surface area contributed by atoms with Crippen LogP contribution in [-0.4, -0.2) is 39.3 Å². The van der Waals surface area contributed by atoms with E-state index in [4.69, 9.17) is 0 Å². The van der Waals surface area contributed by atoms with Gasteiger partial charge in [0.25, 0.3) is 0 Å². The molecule has 1 aliphatic rings. The zero-order valence-corrected chi connectivity index (χ0v) is 16.7. The molecule has 25 heavy (non-hydrogen) atoms. The van der Waals surface area contributed by atoms with Crippen LogP contribution in [0, 0.1) is 0 Å². The van der Waals surface area contributed by atoms with Crippen LogP contribution in [0.2, 0.25) is 0 Å². The van der Waals surface area contributed by atoms with Crippen molar-refractivity contribution in [3.8, 4) is 0 Å². The van der Waals surface area contributed by atoms with Gasteiger partial charge in [-0.2, -0.15) is 0 Å². The van der Waals surface area contributed by atoms with Crippen LogP contribution in [0.5, 0.6) is 0 Å². The van der Waals surface area contributed by atoms with E-state index in [1.54, 1.807) is 20.8 Å². The highest BCUT2D eigenvalue weighted by molar-refractivity contribution is 7.90. The number of nitrogens with one attached hydrogen (secondary N) is 2. The van der Waals surface area contributed by atoms with E-state index >= 15 is 0 Å². The summed E-state index contributed by atoms with van der Waals surface area (Å²) in [5.41, 5.74) is 2.46. The van der Waals surface area contributed by atoms with Gasteiger partial charge >= 0.3 is 0 Å². The second kappa shape index (κ2) is 8.90. The molecule has 1 aromatic carbocycles. The minimum atomic E-state index is -3.21. The Bertz CT molecular complexity index is 615. The lowest BCUT2D eigenvalue weighted by atomic mass is 10.2. The first-order chi connectivity index (χ1) is 11.8. The first-order valence-corrected chi connectivity index (χ1v) is 10.9. The lowest BCUT2D eigenvalue weighted by Crippen LogP contribution is -2.39. The Labute approximate surface area is 153 Å². The van der Waals surface area contributed by atoms with E-state index < -0.39 is 14.8 Å². The number of rotatable bonds is 9. The Morgan fingerprint density at radius 3 is 2.16 bits per heavy atom. The smallest absolute Gasteiger partial charge is 0.216 e. The first kappa shape index (κ1) is 20.0. The topological polar surface area (TPSA) is 61.4 Å². The standard InChI is InChI=1S/C19H33N3O2S/c1-19(2,3)25(23,24)21-14-6-4-5-13-20-17-9-11-18(12-10-17)22-15-7-8-16-22/h9-12,20-21H,4-8,13-16H2,1-3H3. The van der Waals surface area contributed by atoms with Crippen molar-refractivity contribution in [1.29, 1.82) is 0 Å². The fraction of sp³-hybridized carbons (Fsp3) is 0.684. The van der Waals surface area contributed by atoms with Gasteiger partial charge in [-0.25, -0.2) is 13.1 Å². The molecule has 0 aromatic heterocycles. The van der Waals surface area contributed by atoms with Crippen LogP contribution in [0.1, 0.15) is 52.9 Å². The summed E-state index contributed by atoms with van der Waals surface area (Å²) >= 11 is 0. The van der Waals surface area contributed by atoms with Gasteiger partial charge in [0.1, 0.15) is 0 Å². The van der Waals surface area contributed by atoms with Crippen molar-refractivity contribution in [3.05, 3.63) is 24.3 Å². The first-order valence-electron chi connectivity index (χ1n) is 9.38. The second-order valence-corrected chi connectivity index (χ2v) is 10.3. The molecule has 0 atom stereocenters. The number of unbranched alkanes of at least 4 members (excludes halogenated alkanes) is 2. The molecule has 1 fully saturated rings. The largest absolute Gasteiger partial charge is 0.385 e. The second-order valence-electron chi connectivity index (χ2n) is 7.74. The Morgan fingerprint density at radius 2 is 1.56 bits per heavy atom. The third-order valence-electron chi connectivity index (χ3n) is 4.62. The molecule has 0 aliphatic carbocycles. The maximum atomic E-state index is 11.9. The number of nitrogens with zero attached hydrogens (tertiary/aromatic N) is 1. The zero-order chi connectivity index (χ0) is 18.3. The molecule has 0 amide bonds. The van der Waals surface area contributed by atoms with Gasteiger partial charge in [-0.1, -0.05) is 6.42 Å². The van der Waals surface area contributed by atoms with Crippen molar-refractivity contribution in [3.63, 3.8) is 0 Å². The summed E-state index contributed by atoms with van der Waals surface area (Å²) in [4.78, 5) is 2.43. The highest BCUT2D eigenvalue weighted by atomic mass is 32.2. The van der Waals surface area contributed by atoms with E-state index in [1.165, 1.54) is 31.6 Å². The van der Waals surface area contributed by atoms with Gasteiger partial charge in [0.15, 0.2) is 0 Å². The van der Waals surface area contributed by atoms with Gasteiger partial charge in [0.2, 0.25) is 10.0 Å². The predicted molar refractivity (Wildman–Crippen MR) is 107 cm³/mol. The maximum absolute atomic E-state index is 11.9. The van der Waals surface area contributed by atoms with E-state index in [-0.39, 0.29) is 0 Å². The fourth-order valence-electron chi connectivity index (χ4n) is 2.85. The summed E-state index contributed by atoms with van der Waals surface area (Å²) in [5.74, 6) is 0. The molecule has 1 aromatic rings. The van der Waals surface area contributed by atoms with Crippen LogP contribution < -0.4 is 14.9 Å². The molecule has 0 saturated carbocycles. The van der Waals surface area contributed by atoms with Crippen LogP contribution in [-0.2, 0) is 10.0 Å². The van der Waals surface area contributed by atoms with Crippen molar-refractivity contribution < 1.29 is 8.42 Å². The zero-order valence-electron chi connectivity index (χ0n) is 15.8. The van der Waals surface area contributed by atoms with E-state index in [0.717, 1.165) is 31.5 Å². The lowest BCUT2D eigenvalue weighted by Gasteiger charge is -2.19. The summed E-state index contributed by atoms with van der Waals surface area (Å²) in [6.07, 6.45) is 5.50. The average molecular weight is 368 g/mol. The van der Waals surface area contributed by atoms with Gasteiger partial charge in [0.05, 0.1) is 4.75 Å². The van der Waals surface area contributed by atoms with E-state index in [0.29, 0.717) is 6.54 Å². The highest BCUT2D eigenvalue weighted by Crippen LogP contribution is 2.22. The Hall–Kier alpha value is -1.27. The number of sulfonamides is 1. The molecule has 0 radical (unpaired) electrons. The van der Waals surface area contributed by atoms with Crippen LogP contribution in [0.25, 0.3) is 0 Å². The molecule has 6 heteroatoms. The summed E-state index contributed by atoms with van der Waals surface area (Å²) in [7, 11) is -3.21. The predicted octanol–water partition coefficient (Wildman–Crippen LogP) is 3.59. The van der Waals surface area contributed by atoms with Gasteiger partial charge in [-0.3, -0.25) is 0 Å². The van der Waals surface area contributed by atoms with E-state index in [1.807, 2.05) is 0 Å². The van der Waals surface area contributed by atoms with Crippen molar-refractivity contribution >= 4 is 21.4 Å². The van der Waals surface area contributed by atoms with Gasteiger partial charge < -0.3 is 10.2 Å². The lowest BCUT2D eigenvalue weighted by molar-refractivity contribution is 0.540. The summed E-state index contributed by atoms with van der Waals surface area (Å²) in [6, 6.07) is 8.67. The van der Waals surface area contributed by atoms with Gasteiger partial charge in [-0.15, -0.1) is 0 Å². The van der Waals surface area contributed by atoms with Gasteiger partial charge in [-0.05, 0) is 70.7 Å². The van der Waals surface area contributed by atoms with Gasteiger partial charge in [0, 0.05) is 37.6 Å². The van der Waals surface area contributed by atoms with Crippen LogP contribution in [0.4, 0.5) is 11.4 Å². The average Bonchev–Trinajstić information content (AvgIpc) is 3.08. The van der Waals surface area contributed by atoms with Crippen molar-refractivity contribution in [2.24, 2.45) is 0 Å². The fourth-order valence-corrected chi connectivity index (χ4v) is 3.69. The van der Waals surface area contributed by atoms with Crippen molar-refractivity contribution in [1.82, 2.24) is 4.72 Å². The Kier molecular flexibility index (Phi) is 7.14. The highest BCUT2D eigenvalue weighted by Gasteiger charge is 2.27. The molecular weight excluding hydrogens is 334 g/mol. The Balaban J connectivity index is 1.59. The summed E-state index contributed by atoms with van der Waals surface area (Å²) in [5, 5.41) is 3.44. The number of benzene rings is 1. The number of hydrogen-bond acceptors (Lipinski definition) is 4. The minimum Gasteiger partial charge on any atom is -0.385 e. The molecule has 142 valence electrons. The van der Waals surface area contributed by atoms with E-state index in [9.17, 15) is 8.42 Å². The molecule has 0 bridgehead atoms. The van der Waals surface area contributed by atoms with Crippen LogP contribution in [0.15, 0.2) is 24.3 Å².